The van der Waals surface area contributed by atoms with Crippen molar-refractivity contribution < 1.29 is 8.78 Å². The first-order valence-corrected chi connectivity index (χ1v) is 5.22. The second-order valence-electron chi connectivity index (χ2n) is 3.82. The predicted octanol–water partition coefficient (Wildman–Crippen LogP) is 3.33. The fourth-order valence-electron chi connectivity index (χ4n) is 2.04. The van der Waals surface area contributed by atoms with Gasteiger partial charge in [-0.1, -0.05) is 0 Å². The van der Waals surface area contributed by atoms with Gasteiger partial charge in [-0.15, -0.1) is 24.8 Å². The number of pyridine rings is 1. The molecule has 2 heterocycles. The lowest BCUT2D eigenvalue weighted by atomic mass is 9.93. The van der Waals surface area contributed by atoms with E-state index in [1.165, 1.54) is 6.07 Å². The van der Waals surface area contributed by atoms with Gasteiger partial charge >= 0.3 is 0 Å². The number of halogens is 4. The van der Waals surface area contributed by atoms with E-state index in [0.717, 1.165) is 25.9 Å². The molecule has 6 heteroatoms. The summed E-state index contributed by atoms with van der Waals surface area (Å²) in [6.07, 6.45) is 1.15. The number of nitrogens with zero attached hydrogens (tertiary/aromatic N) is 1. The molecule has 17 heavy (non-hydrogen) atoms. The third-order valence-corrected chi connectivity index (χ3v) is 2.79. The van der Waals surface area contributed by atoms with Gasteiger partial charge in [-0.2, -0.15) is 0 Å². The van der Waals surface area contributed by atoms with Gasteiger partial charge in [0.15, 0.2) is 0 Å². The number of hydrogen-bond acceptors (Lipinski definition) is 2. The van der Waals surface area contributed by atoms with E-state index in [1.54, 1.807) is 12.3 Å². The minimum Gasteiger partial charge on any atom is -0.316 e. The fraction of sp³-hybridized carbons (Fsp3) is 0.545. The Morgan fingerprint density at radius 3 is 2.71 bits per heavy atom. The van der Waals surface area contributed by atoms with Gasteiger partial charge in [0.2, 0.25) is 0 Å². The SMILES string of the molecule is Cl.Cl.FC(F)c1cccnc1C1CCCNC1. The van der Waals surface area contributed by atoms with Crippen LogP contribution in [-0.2, 0) is 0 Å². The summed E-state index contributed by atoms with van der Waals surface area (Å²) in [6, 6.07) is 3.04. The van der Waals surface area contributed by atoms with Gasteiger partial charge < -0.3 is 5.32 Å². The van der Waals surface area contributed by atoms with Gasteiger partial charge in [-0.3, -0.25) is 4.98 Å². The number of hydrogen-bond donors (Lipinski definition) is 1. The highest BCUT2D eigenvalue weighted by atomic mass is 35.5. The average molecular weight is 285 g/mol. The molecule has 1 fully saturated rings. The predicted molar refractivity (Wildman–Crippen MR) is 68.5 cm³/mol. The van der Waals surface area contributed by atoms with Crippen molar-refractivity contribution >= 4 is 24.8 Å². The largest absolute Gasteiger partial charge is 0.316 e. The van der Waals surface area contributed by atoms with Gasteiger partial charge in [0.1, 0.15) is 0 Å². The Morgan fingerprint density at radius 2 is 2.12 bits per heavy atom. The van der Waals surface area contributed by atoms with Gasteiger partial charge in [0.05, 0.1) is 5.69 Å². The molecule has 98 valence electrons. The summed E-state index contributed by atoms with van der Waals surface area (Å²) in [6.45, 7) is 1.74. The lowest BCUT2D eigenvalue weighted by Crippen LogP contribution is -2.29. The zero-order chi connectivity index (χ0) is 10.7. The molecule has 1 aromatic rings. The summed E-state index contributed by atoms with van der Waals surface area (Å²) in [5.74, 6) is 0.143. The first-order valence-electron chi connectivity index (χ1n) is 5.22. The molecular formula is C11H16Cl2F2N2. The van der Waals surface area contributed by atoms with Crippen molar-refractivity contribution in [2.24, 2.45) is 0 Å². The zero-order valence-corrected chi connectivity index (χ0v) is 10.9. The quantitative estimate of drug-likeness (QED) is 0.901. The molecule has 0 saturated carbocycles. The number of rotatable bonds is 2. The minimum absolute atomic E-state index is 0. The molecule has 0 amide bonds. The molecule has 1 N–H and O–H groups in total. The van der Waals surface area contributed by atoms with Crippen LogP contribution >= 0.6 is 24.8 Å². The third-order valence-electron chi connectivity index (χ3n) is 2.79. The maximum atomic E-state index is 12.7. The van der Waals surface area contributed by atoms with Crippen LogP contribution in [0.25, 0.3) is 0 Å². The van der Waals surface area contributed by atoms with Gasteiger partial charge in [-0.25, -0.2) is 8.78 Å². The maximum absolute atomic E-state index is 12.7. The molecule has 1 unspecified atom stereocenters. The van der Waals surface area contributed by atoms with E-state index in [2.05, 4.69) is 10.3 Å². The highest BCUT2D eigenvalue weighted by Crippen LogP contribution is 2.29. The lowest BCUT2D eigenvalue weighted by molar-refractivity contribution is 0.148. The maximum Gasteiger partial charge on any atom is 0.265 e. The zero-order valence-electron chi connectivity index (χ0n) is 9.23. The number of aromatic nitrogens is 1. The van der Waals surface area contributed by atoms with Crippen LogP contribution < -0.4 is 5.32 Å². The molecule has 0 spiro atoms. The standard InChI is InChI=1S/C11H14F2N2.2ClH/c12-11(13)9-4-2-6-15-10(9)8-3-1-5-14-7-8;;/h2,4,6,8,11,14H,1,3,5,7H2;2*1H. The van der Waals surface area contributed by atoms with E-state index < -0.39 is 6.43 Å². The molecule has 1 aliphatic rings. The Labute approximate surface area is 112 Å². The highest BCUT2D eigenvalue weighted by molar-refractivity contribution is 5.85. The van der Waals surface area contributed by atoms with Crippen molar-refractivity contribution in [3.63, 3.8) is 0 Å². The summed E-state index contributed by atoms with van der Waals surface area (Å²) in [4.78, 5) is 4.10. The van der Waals surface area contributed by atoms with Crippen LogP contribution in [-0.4, -0.2) is 18.1 Å². The summed E-state index contributed by atoms with van der Waals surface area (Å²) < 4.78 is 25.4. The molecule has 1 saturated heterocycles. The highest BCUT2D eigenvalue weighted by Gasteiger charge is 2.22. The van der Waals surface area contributed by atoms with Crippen molar-refractivity contribution in [3.8, 4) is 0 Å². The number of piperidine rings is 1. The molecule has 0 aromatic carbocycles. The first kappa shape index (κ1) is 16.6. The van der Waals surface area contributed by atoms with Crippen LogP contribution in [0.4, 0.5) is 8.78 Å². The van der Waals surface area contributed by atoms with Crippen molar-refractivity contribution in [2.75, 3.05) is 13.1 Å². The van der Waals surface area contributed by atoms with Crippen molar-refractivity contribution in [3.05, 3.63) is 29.6 Å². The summed E-state index contributed by atoms with van der Waals surface area (Å²) in [7, 11) is 0. The molecule has 1 aromatic heterocycles. The molecule has 0 radical (unpaired) electrons. The van der Waals surface area contributed by atoms with E-state index in [9.17, 15) is 8.78 Å². The van der Waals surface area contributed by atoms with Crippen LogP contribution in [0.5, 0.6) is 0 Å². The minimum atomic E-state index is -2.42. The van der Waals surface area contributed by atoms with E-state index in [1.807, 2.05) is 0 Å². The summed E-state index contributed by atoms with van der Waals surface area (Å²) in [5.41, 5.74) is 0.658. The van der Waals surface area contributed by atoms with Gasteiger partial charge in [0.25, 0.3) is 6.43 Å². The first-order chi connectivity index (χ1) is 7.29. The Bertz CT molecular complexity index is 331. The molecule has 1 atom stereocenters. The average Bonchev–Trinajstić information content (AvgIpc) is 2.30. The second kappa shape index (κ2) is 7.80. The van der Waals surface area contributed by atoms with Gasteiger partial charge in [0, 0.05) is 24.2 Å². The van der Waals surface area contributed by atoms with Gasteiger partial charge in [-0.05, 0) is 31.5 Å². The molecule has 0 bridgehead atoms. The smallest absolute Gasteiger partial charge is 0.265 e. The monoisotopic (exact) mass is 284 g/mol. The molecule has 0 aliphatic carbocycles. The third kappa shape index (κ3) is 4.05. The van der Waals surface area contributed by atoms with E-state index in [-0.39, 0.29) is 36.3 Å². The molecule has 2 rings (SSSR count). The second-order valence-corrected chi connectivity index (χ2v) is 3.82. The number of nitrogens with one attached hydrogen (secondary N) is 1. The van der Waals surface area contributed by atoms with E-state index in [4.69, 9.17) is 0 Å². The number of alkyl halides is 2. The van der Waals surface area contributed by atoms with Crippen molar-refractivity contribution in [1.82, 2.24) is 10.3 Å². The Kier molecular flexibility index (Phi) is 7.59. The topological polar surface area (TPSA) is 24.9 Å². The molecule has 1 aliphatic heterocycles. The Hall–Kier alpha value is -0.450. The Morgan fingerprint density at radius 1 is 1.35 bits per heavy atom. The summed E-state index contributed by atoms with van der Waals surface area (Å²) >= 11 is 0. The van der Waals surface area contributed by atoms with Crippen molar-refractivity contribution in [1.29, 1.82) is 0 Å². The van der Waals surface area contributed by atoms with Crippen LogP contribution in [0, 0.1) is 0 Å². The van der Waals surface area contributed by atoms with E-state index in [0.29, 0.717) is 5.69 Å². The van der Waals surface area contributed by atoms with Crippen molar-refractivity contribution in [2.45, 2.75) is 25.2 Å². The molecule has 2 nitrogen and oxygen atoms in total. The van der Waals surface area contributed by atoms with Crippen LogP contribution in [0.3, 0.4) is 0 Å². The van der Waals surface area contributed by atoms with Crippen LogP contribution in [0.1, 0.15) is 36.4 Å². The van der Waals surface area contributed by atoms with Crippen LogP contribution in [0.2, 0.25) is 0 Å². The Balaban J connectivity index is 0.00000128. The summed E-state index contributed by atoms with van der Waals surface area (Å²) in [5, 5.41) is 3.21. The fourth-order valence-corrected chi connectivity index (χ4v) is 2.04. The molecular weight excluding hydrogens is 269 g/mol. The normalized spacial score (nSPS) is 19.4. The van der Waals surface area contributed by atoms with E-state index >= 15 is 0 Å². The lowest BCUT2D eigenvalue weighted by Gasteiger charge is -2.23. The van der Waals surface area contributed by atoms with Crippen LogP contribution in [0.15, 0.2) is 18.3 Å².